The second kappa shape index (κ2) is 5.01. The van der Waals surface area contributed by atoms with Crippen LogP contribution in [0.2, 0.25) is 0 Å². The Bertz CT molecular complexity index is 377. The quantitative estimate of drug-likeness (QED) is 0.568. The molecule has 0 amide bonds. The molecule has 1 aromatic carbocycles. The van der Waals surface area contributed by atoms with Crippen molar-refractivity contribution >= 4 is 9.24 Å². The van der Waals surface area contributed by atoms with Crippen molar-refractivity contribution in [2.24, 2.45) is 0 Å². The highest BCUT2D eigenvalue weighted by atomic mass is 31.0. The Labute approximate surface area is 101 Å². The van der Waals surface area contributed by atoms with Crippen LogP contribution in [0.4, 0.5) is 0 Å². The lowest BCUT2D eigenvalue weighted by Gasteiger charge is -2.21. The van der Waals surface area contributed by atoms with Crippen molar-refractivity contribution in [2.75, 3.05) is 0 Å². The van der Waals surface area contributed by atoms with E-state index in [1.165, 1.54) is 11.1 Å². The Hall–Kier alpha value is -0.810. The Balaban J connectivity index is 2.96. The average molecular weight is 236 g/mol. The van der Waals surface area contributed by atoms with E-state index in [-0.39, 0.29) is 11.3 Å². The van der Waals surface area contributed by atoms with Gasteiger partial charge in [0.25, 0.3) is 0 Å². The van der Waals surface area contributed by atoms with Gasteiger partial charge in [0.1, 0.15) is 11.6 Å². The van der Waals surface area contributed by atoms with Gasteiger partial charge >= 0.3 is 0 Å². The lowest BCUT2D eigenvalue weighted by atomic mass is 9.86. The fraction of sp³-hybridized carbons (Fsp3) is 0.429. The first-order chi connectivity index (χ1) is 7.34. The number of hydrogen-bond donors (Lipinski definition) is 0. The molecule has 1 aromatic rings. The predicted octanol–water partition coefficient (Wildman–Crippen LogP) is 4.06. The molecule has 0 aliphatic heterocycles. The molecule has 1 nitrogen and oxygen atoms in total. The predicted molar refractivity (Wildman–Crippen MR) is 74.2 cm³/mol. The SMILES string of the molecule is C=CC(P)Oc1ccc(C(C)(C)C)cc1C. The second-order valence-corrected chi connectivity index (χ2v) is 5.71. The Morgan fingerprint density at radius 1 is 1.38 bits per heavy atom. The van der Waals surface area contributed by atoms with Crippen LogP contribution in [-0.4, -0.2) is 5.85 Å². The minimum Gasteiger partial charge on any atom is -0.482 e. The Kier molecular flexibility index (Phi) is 4.15. The van der Waals surface area contributed by atoms with Gasteiger partial charge in [-0.25, -0.2) is 0 Å². The highest BCUT2D eigenvalue weighted by molar-refractivity contribution is 7.17. The molecule has 0 aliphatic carbocycles. The molecule has 2 unspecified atom stereocenters. The summed E-state index contributed by atoms with van der Waals surface area (Å²) in [6.07, 6.45) is 1.77. The largest absolute Gasteiger partial charge is 0.482 e. The Morgan fingerprint density at radius 3 is 2.44 bits per heavy atom. The molecular weight excluding hydrogens is 215 g/mol. The van der Waals surface area contributed by atoms with E-state index in [0.29, 0.717) is 0 Å². The third-order valence-corrected chi connectivity index (χ3v) is 2.94. The van der Waals surface area contributed by atoms with E-state index in [4.69, 9.17) is 4.74 Å². The van der Waals surface area contributed by atoms with Crippen LogP contribution in [0.1, 0.15) is 31.9 Å². The maximum Gasteiger partial charge on any atom is 0.129 e. The van der Waals surface area contributed by atoms with Gasteiger partial charge in [-0.1, -0.05) is 48.7 Å². The zero-order chi connectivity index (χ0) is 12.3. The van der Waals surface area contributed by atoms with Gasteiger partial charge in [0.2, 0.25) is 0 Å². The second-order valence-electron chi connectivity index (χ2n) is 5.05. The third kappa shape index (κ3) is 3.35. The van der Waals surface area contributed by atoms with E-state index in [1.54, 1.807) is 6.08 Å². The Morgan fingerprint density at radius 2 is 2.00 bits per heavy atom. The lowest BCUT2D eigenvalue weighted by Crippen LogP contribution is -2.12. The summed E-state index contributed by atoms with van der Waals surface area (Å²) < 4.78 is 5.71. The number of ether oxygens (including phenoxy) is 1. The van der Waals surface area contributed by atoms with E-state index in [9.17, 15) is 0 Å². The van der Waals surface area contributed by atoms with Crippen molar-refractivity contribution in [3.05, 3.63) is 42.0 Å². The van der Waals surface area contributed by atoms with E-state index < -0.39 is 0 Å². The topological polar surface area (TPSA) is 9.23 Å². The maximum atomic E-state index is 5.71. The maximum absolute atomic E-state index is 5.71. The summed E-state index contributed by atoms with van der Waals surface area (Å²) in [7, 11) is 2.60. The van der Waals surface area contributed by atoms with Gasteiger partial charge < -0.3 is 4.74 Å². The molecule has 0 aromatic heterocycles. The lowest BCUT2D eigenvalue weighted by molar-refractivity contribution is 0.329. The van der Waals surface area contributed by atoms with Gasteiger partial charge in [-0.15, -0.1) is 0 Å². The fourth-order valence-corrected chi connectivity index (χ4v) is 1.59. The average Bonchev–Trinajstić information content (AvgIpc) is 2.19. The summed E-state index contributed by atoms with van der Waals surface area (Å²) in [5.74, 6) is 0.895. The highest BCUT2D eigenvalue weighted by Crippen LogP contribution is 2.28. The van der Waals surface area contributed by atoms with Crippen molar-refractivity contribution in [1.29, 1.82) is 0 Å². The first-order valence-corrected chi connectivity index (χ1v) is 6.17. The van der Waals surface area contributed by atoms with Crippen LogP contribution in [0.25, 0.3) is 0 Å². The van der Waals surface area contributed by atoms with Crippen LogP contribution in [0.5, 0.6) is 5.75 Å². The zero-order valence-corrected chi connectivity index (χ0v) is 11.7. The highest BCUT2D eigenvalue weighted by Gasteiger charge is 2.15. The van der Waals surface area contributed by atoms with Crippen LogP contribution in [0.3, 0.4) is 0 Å². The van der Waals surface area contributed by atoms with Gasteiger partial charge in [-0.3, -0.25) is 0 Å². The summed E-state index contributed by atoms with van der Waals surface area (Å²) in [6, 6.07) is 6.36. The molecule has 0 spiro atoms. The molecule has 2 atom stereocenters. The van der Waals surface area contributed by atoms with Crippen LogP contribution in [-0.2, 0) is 5.41 Å². The summed E-state index contributed by atoms with van der Waals surface area (Å²) in [6.45, 7) is 12.4. The first kappa shape index (κ1) is 13.3. The molecule has 0 fully saturated rings. The standard InChI is InChI=1S/C14H21OP/c1-6-13(16)15-12-8-7-11(9-10(12)2)14(3,4)5/h6-9,13H,1,16H2,2-5H3. The summed E-state index contributed by atoms with van der Waals surface area (Å²) in [5.41, 5.74) is 2.68. The molecule has 0 aliphatic rings. The molecule has 2 heteroatoms. The molecule has 88 valence electrons. The molecular formula is C14H21OP. The molecule has 0 bridgehead atoms. The fourth-order valence-electron chi connectivity index (χ4n) is 1.44. The smallest absolute Gasteiger partial charge is 0.129 e. The third-order valence-electron chi connectivity index (χ3n) is 2.54. The van der Waals surface area contributed by atoms with Crippen LogP contribution in [0, 0.1) is 6.92 Å². The van der Waals surface area contributed by atoms with Crippen molar-refractivity contribution in [3.8, 4) is 5.75 Å². The number of rotatable bonds is 3. The molecule has 16 heavy (non-hydrogen) atoms. The normalized spacial score (nSPS) is 13.3. The van der Waals surface area contributed by atoms with Crippen molar-refractivity contribution in [3.63, 3.8) is 0 Å². The van der Waals surface area contributed by atoms with Crippen molar-refractivity contribution in [1.82, 2.24) is 0 Å². The molecule has 0 radical (unpaired) electrons. The summed E-state index contributed by atoms with van der Waals surface area (Å²) >= 11 is 0. The monoisotopic (exact) mass is 236 g/mol. The van der Waals surface area contributed by atoms with E-state index in [1.807, 2.05) is 6.07 Å². The van der Waals surface area contributed by atoms with Gasteiger partial charge in [0.05, 0.1) is 0 Å². The summed E-state index contributed by atoms with van der Waals surface area (Å²) in [5, 5.41) is 0. The van der Waals surface area contributed by atoms with Crippen LogP contribution < -0.4 is 4.74 Å². The van der Waals surface area contributed by atoms with E-state index in [2.05, 4.69) is 55.6 Å². The van der Waals surface area contributed by atoms with Crippen molar-refractivity contribution < 1.29 is 4.74 Å². The molecule has 1 rings (SSSR count). The molecule has 0 N–H and O–H groups in total. The molecule has 0 saturated heterocycles. The minimum absolute atomic E-state index is 0.0285. The van der Waals surface area contributed by atoms with Crippen molar-refractivity contribution in [2.45, 2.75) is 39.0 Å². The number of aryl methyl sites for hydroxylation is 1. The van der Waals surface area contributed by atoms with Gasteiger partial charge in [0, 0.05) is 0 Å². The summed E-state index contributed by atoms with van der Waals surface area (Å²) in [4.78, 5) is 0. The van der Waals surface area contributed by atoms with Gasteiger partial charge in [-0.2, -0.15) is 0 Å². The first-order valence-electron chi connectivity index (χ1n) is 5.50. The number of benzene rings is 1. The van der Waals surface area contributed by atoms with E-state index in [0.717, 1.165) is 5.75 Å². The van der Waals surface area contributed by atoms with E-state index >= 15 is 0 Å². The molecule has 0 heterocycles. The number of hydrogen-bond acceptors (Lipinski definition) is 1. The van der Waals surface area contributed by atoms with Crippen LogP contribution in [0.15, 0.2) is 30.9 Å². The van der Waals surface area contributed by atoms with Gasteiger partial charge in [0.15, 0.2) is 0 Å². The van der Waals surface area contributed by atoms with Gasteiger partial charge in [-0.05, 0) is 35.6 Å². The zero-order valence-electron chi connectivity index (χ0n) is 10.6. The van der Waals surface area contributed by atoms with Crippen LogP contribution >= 0.6 is 9.24 Å². The molecule has 0 saturated carbocycles. The minimum atomic E-state index is -0.0285.